The first-order chi connectivity index (χ1) is 8.66. The first-order valence-corrected chi connectivity index (χ1v) is 5.71. The molecule has 1 heterocycles. The third-order valence-electron chi connectivity index (χ3n) is 2.73. The fraction of sp³-hybridized carbons (Fsp3) is 0.250. The molecule has 1 aromatic carbocycles. The van der Waals surface area contributed by atoms with Crippen molar-refractivity contribution in [1.82, 2.24) is 5.32 Å². The largest absolute Gasteiger partial charge is 0.496 e. The Morgan fingerprint density at radius 2 is 2.11 bits per heavy atom. The summed E-state index contributed by atoms with van der Waals surface area (Å²) in [7, 11) is -1.51. The van der Waals surface area contributed by atoms with E-state index < -0.39 is 7.12 Å². The van der Waals surface area contributed by atoms with Gasteiger partial charge in [-0.25, -0.2) is 0 Å². The molecule has 0 radical (unpaired) electrons. The molecule has 0 aliphatic carbocycles. The van der Waals surface area contributed by atoms with Crippen molar-refractivity contribution in [1.29, 1.82) is 0 Å². The summed E-state index contributed by atoms with van der Waals surface area (Å²) in [5.74, 6) is -0.204. The summed E-state index contributed by atoms with van der Waals surface area (Å²) in [6, 6.07) is 6.12. The molecule has 2 rings (SSSR count). The van der Waals surface area contributed by atoms with Gasteiger partial charge in [0.1, 0.15) is 6.10 Å². The summed E-state index contributed by atoms with van der Waals surface area (Å²) < 4.78 is 5.23. The molecular formula is C12H14BNO4. The molecule has 1 aliphatic heterocycles. The summed E-state index contributed by atoms with van der Waals surface area (Å²) in [6.07, 6.45) is 4.35. The lowest BCUT2D eigenvalue weighted by Crippen LogP contribution is -2.33. The van der Waals surface area contributed by atoms with Gasteiger partial charge in [0.15, 0.2) is 0 Å². The van der Waals surface area contributed by atoms with E-state index in [1.165, 1.54) is 12.1 Å². The molecule has 1 unspecified atom stereocenters. The molecule has 0 saturated heterocycles. The highest BCUT2D eigenvalue weighted by atomic mass is 16.5. The molecule has 94 valence electrons. The fourth-order valence-corrected chi connectivity index (χ4v) is 1.68. The van der Waals surface area contributed by atoms with Crippen molar-refractivity contribution in [3.63, 3.8) is 0 Å². The first kappa shape index (κ1) is 12.7. The third-order valence-corrected chi connectivity index (χ3v) is 2.73. The van der Waals surface area contributed by atoms with Crippen molar-refractivity contribution in [2.24, 2.45) is 0 Å². The predicted octanol–water partition coefficient (Wildman–Crippen LogP) is -0.601. The maximum Gasteiger partial charge on any atom is 0.488 e. The van der Waals surface area contributed by atoms with Crippen molar-refractivity contribution in [2.75, 3.05) is 6.54 Å². The van der Waals surface area contributed by atoms with E-state index >= 15 is 0 Å². The highest BCUT2D eigenvalue weighted by molar-refractivity contribution is 6.58. The second kappa shape index (κ2) is 5.70. The summed E-state index contributed by atoms with van der Waals surface area (Å²) in [5.41, 5.74) is 0.834. The van der Waals surface area contributed by atoms with E-state index in [2.05, 4.69) is 5.32 Å². The SMILES string of the molecule is O=C(NCC1CC=CO1)c1ccc(B(O)O)cc1. The van der Waals surface area contributed by atoms with Crippen molar-refractivity contribution in [2.45, 2.75) is 12.5 Å². The molecule has 5 nitrogen and oxygen atoms in total. The molecule has 0 bridgehead atoms. The second-order valence-electron chi connectivity index (χ2n) is 4.07. The van der Waals surface area contributed by atoms with E-state index in [1.54, 1.807) is 18.4 Å². The predicted molar refractivity (Wildman–Crippen MR) is 67.2 cm³/mol. The molecule has 0 fully saturated rings. The number of amides is 1. The minimum absolute atomic E-state index is 0.00693. The molecule has 0 spiro atoms. The van der Waals surface area contributed by atoms with Crippen LogP contribution in [0.4, 0.5) is 0 Å². The Balaban J connectivity index is 1.88. The average molecular weight is 247 g/mol. The molecule has 3 N–H and O–H groups in total. The fourth-order valence-electron chi connectivity index (χ4n) is 1.68. The normalized spacial score (nSPS) is 17.3. The molecule has 1 amide bonds. The van der Waals surface area contributed by atoms with Crippen LogP contribution in [0, 0.1) is 0 Å². The Morgan fingerprint density at radius 1 is 1.39 bits per heavy atom. The van der Waals surface area contributed by atoms with Crippen LogP contribution in [0.15, 0.2) is 36.6 Å². The van der Waals surface area contributed by atoms with Crippen LogP contribution >= 0.6 is 0 Å². The van der Waals surface area contributed by atoms with E-state index in [4.69, 9.17) is 14.8 Å². The average Bonchev–Trinajstić information content (AvgIpc) is 2.89. The summed E-state index contributed by atoms with van der Waals surface area (Å²) in [4.78, 5) is 11.8. The lowest BCUT2D eigenvalue weighted by atomic mass is 9.80. The monoisotopic (exact) mass is 247 g/mol. The van der Waals surface area contributed by atoms with Gasteiger partial charge in [-0.05, 0) is 23.7 Å². The molecule has 0 saturated carbocycles. The first-order valence-electron chi connectivity index (χ1n) is 5.71. The summed E-state index contributed by atoms with van der Waals surface area (Å²) in [5, 5.41) is 20.6. The Morgan fingerprint density at radius 3 is 2.67 bits per heavy atom. The zero-order valence-electron chi connectivity index (χ0n) is 9.74. The zero-order chi connectivity index (χ0) is 13.0. The van der Waals surface area contributed by atoms with Gasteiger partial charge < -0.3 is 20.1 Å². The zero-order valence-corrected chi connectivity index (χ0v) is 9.74. The molecule has 6 heteroatoms. The van der Waals surface area contributed by atoms with Gasteiger partial charge in [-0.1, -0.05) is 12.1 Å². The third kappa shape index (κ3) is 3.12. The standard InChI is InChI=1S/C12H14BNO4/c15-12(14-8-11-2-1-7-18-11)9-3-5-10(6-4-9)13(16)17/h1,3-7,11,16-17H,2,8H2,(H,14,15). The maximum atomic E-state index is 11.8. The lowest BCUT2D eigenvalue weighted by Gasteiger charge is -2.11. The Hall–Kier alpha value is -1.79. The quantitative estimate of drug-likeness (QED) is 0.621. The lowest BCUT2D eigenvalue weighted by molar-refractivity contribution is 0.0917. The van der Waals surface area contributed by atoms with Gasteiger partial charge in [-0.2, -0.15) is 0 Å². The summed E-state index contributed by atoms with van der Waals surface area (Å²) >= 11 is 0. The van der Waals surface area contributed by atoms with E-state index in [9.17, 15) is 4.79 Å². The van der Waals surface area contributed by atoms with Crippen molar-refractivity contribution in [3.05, 3.63) is 42.2 Å². The van der Waals surface area contributed by atoms with Gasteiger partial charge in [0, 0.05) is 12.0 Å². The molecule has 1 atom stereocenters. The second-order valence-corrected chi connectivity index (χ2v) is 4.07. The summed E-state index contributed by atoms with van der Waals surface area (Å²) in [6.45, 7) is 0.455. The van der Waals surface area contributed by atoms with Crippen LogP contribution in [-0.4, -0.2) is 35.7 Å². The Labute approximate surface area is 105 Å². The van der Waals surface area contributed by atoms with Gasteiger partial charge in [0.05, 0.1) is 12.8 Å². The van der Waals surface area contributed by atoms with Crippen LogP contribution in [0.5, 0.6) is 0 Å². The van der Waals surface area contributed by atoms with Gasteiger partial charge in [-0.15, -0.1) is 0 Å². The highest BCUT2D eigenvalue weighted by Gasteiger charge is 2.15. The highest BCUT2D eigenvalue weighted by Crippen LogP contribution is 2.07. The van der Waals surface area contributed by atoms with Crippen molar-refractivity contribution >= 4 is 18.5 Å². The Bertz CT molecular complexity index is 436. The van der Waals surface area contributed by atoms with Gasteiger partial charge in [0.25, 0.3) is 5.91 Å². The number of nitrogens with one attached hydrogen (secondary N) is 1. The van der Waals surface area contributed by atoms with E-state index in [-0.39, 0.29) is 12.0 Å². The topological polar surface area (TPSA) is 78.8 Å². The van der Waals surface area contributed by atoms with Crippen LogP contribution in [0.2, 0.25) is 0 Å². The van der Waals surface area contributed by atoms with Crippen LogP contribution in [-0.2, 0) is 4.74 Å². The maximum absolute atomic E-state index is 11.8. The van der Waals surface area contributed by atoms with E-state index in [0.717, 1.165) is 6.42 Å². The number of carbonyl (C=O) groups is 1. The van der Waals surface area contributed by atoms with Crippen LogP contribution in [0.3, 0.4) is 0 Å². The van der Waals surface area contributed by atoms with E-state index in [1.807, 2.05) is 6.08 Å². The molecule has 18 heavy (non-hydrogen) atoms. The minimum atomic E-state index is -1.51. The molecule has 0 aromatic heterocycles. The van der Waals surface area contributed by atoms with Crippen LogP contribution in [0.25, 0.3) is 0 Å². The molecule has 1 aromatic rings. The van der Waals surface area contributed by atoms with Gasteiger partial charge >= 0.3 is 7.12 Å². The minimum Gasteiger partial charge on any atom is -0.496 e. The number of hydrogen-bond acceptors (Lipinski definition) is 4. The number of rotatable bonds is 4. The van der Waals surface area contributed by atoms with Crippen molar-refractivity contribution < 1.29 is 19.6 Å². The number of benzene rings is 1. The Kier molecular flexibility index (Phi) is 4.01. The van der Waals surface area contributed by atoms with Crippen LogP contribution in [0.1, 0.15) is 16.8 Å². The van der Waals surface area contributed by atoms with Gasteiger partial charge in [0.2, 0.25) is 0 Å². The smallest absolute Gasteiger partial charge is 0.488 e. The van der Waals surface area contributed by atoms with Crippen LogP contribution < -0.4 is 10.8 Å². The van der Waals surface area contributed by atoms with Gasteiger partial charge in [-0.3, -0.25) is 4.79 Å². The van der Waals surface area contributed by atoms with Crippen molar-refractivity contribution in [3.8, 4) is 0 Å². The number of ether oxygens (including phenoxy) is 1. The number of carbonyl (C=O) groups excluding carboxylic acids is 1. The molecule has 1 aliphatic rings. The number of hydrogen-bond donors (Lipinski definition) is 3. The van der Waals surface area contributed by atoms with E-state index in [0.29, 0.717) is 17.6 Å². The molecular weight excluding hydrogens is 233 g/mol.